The van der Waals surface area contributed by atoms with E-state index >= 15 is 0 Å². The molecule has 1 aliphatic carbocycles. The first-order chi connectivity index (χ1) is 14.8. The zero-order valence-corrected chi connectivity index (χ0v) is 18.9. The molecule has 6 nitrogen and oxygen atoms in total. The lowest BCUT2D eigenvalue weighted by molar-refractivity contribution is -0.461. The second kappa shape index (κ2) is 7.71. The van der Waals surface area contributed by atoms with Crippen LogP contribution in [0.4, 0.5) is 0 Å². The van der Waals surface area contributed by atoms with E-state index in [1.54, 1.807) is 7.11 Å². The molecule has 1 saturated carbocycles. The van der Waals surface area contributed by atoms with Crippen molar-refractivity contribution in [2.24, 2.45) is 11.8 Å². The molecule has 0 unspecified atom stereocenters. The summed E-state index contributed by atoms with van der Waals surface area (Å²) in [6, 6.07) is 8.73. The first kappa shape index (κ1) is 21.2. The number of rotatable bonds is 6. The van der Waals surface area contributed by atoms with E-state index in [2.05, 4.69) is 68.1 Å². The van der Waals surface area contributed by atoms with Gasteiger partial charge in [-0.05, 0) is 63.3 Å². The van der Waals surface area contributed by atoms with Crippen LogP contribution in [-0.2, 0) is 25.4 Å². The summed E-state index contributed by atoms with van der Waals surface area (Å²) in [7, 11) is 1.70. The van der Waals surface area contributed by atoms with Crippen molar-refractivity contribution in [2.45, 2.75) is 70.0 Å². The molecular formula is C25H34N2O4. The highest BCUT2D eigenvalue weighted by molar-refractivity contribution is 5.83. The molecule has 4 heterocycles. The van der Waals surface area contributed by atoms with Crippen LogP contribution in [0.25, 0.3) is 10.9 Å². The molecule has 2 N–H and O–H groups in total. The average Bonchev–Trinajstić information content (AvgIpc) is 3.12. The van der Waals surface area contributed by atoms with Crippen LogP contribution in [0.2, 0.25) is 0 Å². The number of fused-ring (bicyclic) bond motifs is 2. The average molecular weight is 427 g/mol. The zero-order valence-electron chi connectivity index (χ0n) is 18.9. The van der Waals surface area contributed by atoms with Gasteiger partial charge in [-0.15, -0.1) is 0 Å². The van der Waals surface area contributed by atoms with E-state index in [0.29, 0.717) is 0 Å². The molecule has 168 valence electrons. The Kier molecular flexibility index (Phi) is 5.26. The van der Waals surface area contributed by atoms with Gasteiger partial charge in [0.15, 0.2) is 18.4 Å². The maximum Gasteiger partial charge on any atom is 0.186 e. The minimum absolute atomic E-state index is 0.0131. The Bertz CT molecular complexity index is 964. The molecule has 1 aromatic carbocycles. The zero-order chi connectivity index (χ0) is 21.8. The Morgan fingerprint density at radius 1 is 1.29 bits per heavy atom. The molecule has 2 aromatic rings. The van der Waals surface area contributed by atoms with E-state index in [1.165, 1.54) is 16.5 Å². The van der Waals surface area contributed by atoms with Gasteiger partial charge >= 0.3 is 0 Å². The van der Waals surface area contributed by atoms with Crippen molar-refractivity contribution in [2.75, 3.05) is 13.7 Å². The summed E-state index contributed by atoms with van der Waals surface area (Å²) >= 11 is 0. The van der Waals surface area contributed by atoms with Crippen molar-refractivity contribution in [1.82, 2.24) is 10.3 Å². The predicted octanol–water partition coefficient (Wildman–Crippen LogP) is 4.12. The van der Waals surface area contributed by atoms with Crippen LogP contribution >= 0.6 is 0 Å². The molecule has 0 amide bonds. The second-order valence-corrected chi connectivity index (χ2v) is 10.1. The summed E-state index contributed by atoms with van der Waals surface area (Å²) in [5.41, 5.74) is 3.20. The minimum Gasteiger partial charge on any atom is -0.361 e. The van der Waals surface area contributed by atoms with Gasteiger partial charge in [0.1, 0.15) is 0 Å². The summed E-state index contributed by atoms with van der Waals surface area (Å²) in [5.74, 6) is -0.496. The smallest absolute Gasteiger partial charge is 0.186 e. The Labute approximate surface area is 184 Å². The standard InChI is InChI=1S/C25H34N2O4/c1-15-19-12-17(26-11-10-16-14-27-20-9-7-6-8-18(16)20)13-25(31-24(2,3)4)21(19)23(28-5)29-22(15)30-25/h6-9,14,17,19,21-23,26-27H,1,10-13H2,2-5H3/t17-,19+,21-,22-,23-,25+/m1/s1. The first-order valence-electron chi connectivity index (χ1n) is 11.3. The molecule has 1 aromatic heterocycles. The lowest BCUT2D eigenvalue weighted by Gasteiger charge is -2.62. The SMILES string of the molecule is C=C1[C@@H]2O[C@@H](OC)[C@H]3[C@H]1C[C@@H](NCCc1c[nH]c4ccccc14)C[C@@]3(OC(C)(C)C)O2. The number of hydrogen-bond donors (Lipinski definition) is 2. The van der Waals surface area contributed by atoms with Crippen LogP contribution in [0, 0.1) is 11.8 Å². The number of methoxy groups -OCH3 is 1. The van der Waals surface area contributed by atoms with Crippen LogP contribution in [0.3, 0.4) is 0 Å². The third kappa shape index (κ3) is 3.74. The molecule has 0 radical (unpaired) electrons. The van der Waals surface area contributed by atoms with Gasteiger partial charge < -0.3 is 29.2 Å². The fourth-order valence-corrected chi connectivity index (χ4v) is 5.74. The van der Waals surface area contributed by atoms with E-state index in [4.69, 9.17) is 18.9 Å². The highest BCUT2D eigenvalue weighted by Gasteiger charge is 2.65. The quantitative estimate of drug-likeness (QED) is 0.681. The van der Waals surface area contributed by atoms with E-state index in [1.807, 2.05) is 0 Å². The molecule has 6 rings (SSSR count). The highest BCUT2D eigenvalue weighted by atomic mass is 16.8. The topological polar surface area (TPSA) is 64.7 Å². The van der Waals surface area contributed by atoms with Gasteiger partial charge in [-0.2, -0.15) is 0 Å². The van der Waals surface area contributed by atoms with Gasteiger partial charge in [0.05, 0.1) is 11.5 Å². The summed E-state index contributed by atoms with van der Waals surface area (Å²) in [4.78, 5) is 3.37. The summed E-state index contributed by atoms with van der Waals surface area (Å²) in [6.07, 6.45) is 4.06. The van der Waals surface area contributed by atoms with E-state index in [9.17, 15) is 0 Å². The molecule has 6 atom stereocenters. The lowest BCUT2D eigenvalue weighted by atomic mass is 9.65. The third-order valence-electron chi connectivity index (χ3n) is 6.86. The molecule has 0 spiro atoms. The number of nitrogens with one attached hydrogen (secondary N) is 2. The summed E-state index contributed by atoms with van der Waals surface area (Å²) in [5, 5.41) is 5.08. The van der Waals surface area contributed by atoms with Gasteiger partial charge in [0.2, 0.25) is 0 Å². The Morgan fingerprint density at radius 3 is 2.87 bits per heavy atom. The number of aromatic amines is 1. The Balaban J connectivity index is 1.33. The fraction of sp³-hybridized carbons (Fsp3) is 0.600. The molecule has 4 aliphatic rings. The van der Waals surface area contributed by atoms with Crippen molar-refractivity contribution in [3.8, 4) is 0 Å². The van der Waals surface area contributed by atoms with Crippen LogP contribution in [0.15, 0.2) is 42.6 Å². The van der Waals surface area contributed by atoms with Gasteiger partial charge in [-0.3, -0.25) is 0 Å². The van der Waals surface area contributed by atoms with Gasteiger partial charge in [-0.25, -0.2) is 0 Å². The molecule has 4 fully saturated rings. The van der Waals surface area contributed by atoms with Crippen molar-refractivity contribution in [3.05, 3.63) is 48.2 Å². The Morgan fingerprint density at radius 2 is 2.10 bits per heavy atom. The number of aromatic nitrogens is 1. The van der Waals surface area contributed by atoms with Crippen molar-refractivity contribution in [1.29, 1.82) is 0 Å². The van der Waals surface area contributed by atoms with Crippen LogP contribution in [-0.4, -0.2) is 48.6 Å². The van der Waals surface area contributed by atoms with Crippen LogP contribution in [0.1, 0.15) is 39.2 Å². The van der Waals surface area contributed by atoms with Crippen molar-refractivity contribution in [3.63, 3.8) is 0 Å². The van der Waals surface area contributed by atoms with E-state index in [-0.39, 0.29) is 29.8 Å². The van der Waals surface area contributed by atoms with E-state index < -0.39 is 12.1 Å². The normalized spacial score (nSPS) is 35.1. The van der Waals surface area contributed by atoms with Crippen molar-refractivity contribution < 1.29 is 18.9 Å². The molecule has 6 heteroatoms. The summed E-state index contributed by atoms with van der Waals surface area (Å²) < 4.78 is 24.7. The van der Waals surface area contributed by atoms with Crippen molar-refractivity contribution >= 4 is 10.9 Å². The number of benzene rings is 1. The lowest BCUT2D eigenvalue weighted by Crippen LogP contribution is -2.70. The number of H-pyrrole nitrogens is 1. The maximum atomic E-state index is 6.62. The second-order valence-electron chi connectivity index (χ2n) is 10.1. The minimum atomic E-state index is -0.732. The number of ether oxygens (including phenoxy) is 4. The largest absolute Gasteiger partial charge is 0.361 e. The molecule has 3 saturated heterocycles. The molecule has 31 heavy (non-hydrogen) atoms. The molecular weight excluding hydrogens is 392 g/mol. The number of para-hydroxylation sites is 1. The molecule has 3 aliphatic heterocycles. The Hall–Kier alpha value is -1.70. The maximum absolute atomic E-state index is 6.62. The van der Waals surface area contributed by atoms with Crippen LogP contribution in [0.5, 0.6) is 0 Å². The summed E-state index contributed by atoms with van der Waals surface area (Å²) in [6.45, 7) is 11.4. The van der Waals surface area contributed by atoms with Gasteiger partial charge in [0.25, 0.3) is 0 Å². The van der Waals surface area contributed by atoms with Gasteiger partial charge in [0, 0.05) is 36.7 Å². The highest BCUT2D eigenvalue weighted by Crippen LogP contribution is 2.57. The predicted molar refractivity (Wildman–Crippen MR) is 119 cm³/mol. The van der Waals surface area contributed by atoms with E-state index in [0.717, 1.165) is 31.4 Å². The number of hydrogen-bond acceptors (Lipinski definition) is 5. The monoisotopic (exact) mass is 426 g/mol. The first-order valence-corrected chi connectivity index (χ1v) is 11.3. The fourth-order valence-electron chi connectivity index (χ4n) is 5.74. The van der Waals surface area contributed by atoms with Crippen LogP contribution < -0.4 is 5.32 Å². The third-order valence-corrected chi connectivity index (χ3v) is 6.86. The molecule has 4 bridgehead atoms. The van der Waals surface area contributed by atoms with Gasteiger partial charge in [-0.1, -0.05) is 24.8 Å².